The van der Waals surface area contributed by atoms with Gasteiger partial charge in [-0.2, -0.15) is 10.2 Å². The summed E-state index contributed by atoms with van der Waals surface area (Å²) in [6, 6.07) is 0. The highest BCUT2D eigenvalue weighted by atomic mass is 35.5. The largest absolute Gasteiger partial charge is 0.383 e. The lowest BCUT2D eigenvalue weighted by Crippen LogP contribution is -2.15. The predicted octanol–water partition coefficient (Wildman–Crippen LogP) is 0.730. The van der Waals surface area contributed by atoms with E-state index in [0.717, 1.165) is 0 Å². The lowest BCUT2D eigenvalue weighted by atomic mass is 10.1. The molecule has 7 nitrogen and oxygen atoms in total. The Kier molecular flexibility index (Phi) is 3.87. The van der Waals surface area contributed by atoms with E-state index in [-0.39, 0.29) is 10.8 Å². The first kappa shape index (κ1) is 13.6. The summed E-state index contributed by atoms with van der Waals surface area (Å²) in [4.78, 5) is 12.4. The Labute approximate surface area is 114 Å². The van der Waals surface area contributed by atoms with Gasteiger partial charge >= 0.3 is 0 Å². The molecule has 2 aromatic heterocycles. The van der Waals surface area contributed by atoms with Crippen LogP contribution < -0.4 is 5.73 Å². The summed E-state index contributed by atoms with van der Waals surface area (Å²) in [6.07, 6.45) is 2.85. The van der Waals surface area contributed by atoms with Gasteiger partial charge in [0.25, 0.3) is 0 Å². The molecule has 2 N–H and O–H groups in total. The molecule has 0 amide bonds. The smallest absolute Gasteiger partial charge is 0.217 e. The average molecular weight is 284 g/mol. The van der Waals surface area contributed by atoms with Crippen LogP contribution in [0.4, 0.5) is 5.82 Å². The highest BCUT2D eigenvalue weighted by molar-refractivity contribution is 6.34. The van der Waals surface area contributed by atoms with Gasteiger partial charge in [0, 0.05) is 14.2 Å². The lowest BCUT2D eigenvalue weighted by Gasteiger charge is -2.06. The average Bonchev–Trinajstić information content (AvgIpc) is 2.91. The fourth-order valence-corrected chi connectivity index (χ4v) is 1.91. The van der Waals surface area contributed by atoms with Gasteiger partial charge in [0.15, 0.2) is 0 Å². The van der Waals surface area contributed by atoms with Gasteiger partial charge in [0.2, 0.25) is 5.78 Å². The molecule has 0 spiro atoms. The normalized spacial score (nSPS) is 10.9. The van der Waals surface area contributed by atoms with Crippen molar-refractivity contribution in [3.63, 3.8) is 0 Å². The summed E-state index contributed by atoms with van der Waals surface area (Å²) in [7, 11) is 3.24. The summed E-state index contributed by atoms with van der Waals surface area (Å²) in [5.74, 6) is -0.00948. The van der Waals surface area contributed by atoms with Crippen LogP contribution in [0.2, 0.25) is 5.02 Å². The minimum atomic E-state index is -0.302. The maximum Gasteiger partial charge on any atom is 0.217 e. The lowest BCUT2D eigenvalue weighted by molar-refractivity contribution is 0.102. The zero-order valence-electron chi connectivity index (χ0n) is 10.6. The fourth-order valence-electron chi connectivity index (χ4n) is 1.69. The van der Waals surface area contributed by atoms with Crippen LogP contribution in [0.15, 0.2) is 12.4 Å². The minimum Gasteiger partial charge on any atom is -0.383 e. The van der Waals surface area contributed by atoms with Gasteiger partial charge in [0.1, 0.15) is 11.5 Å². The zero-order valence-corrected chi connectivity index (χ0v) is 11.4. The van der Waals surface area contributed by atoms with E-state index in [1.807, 2.05) is 0 Å². The van der Waals surface area contributed by atoms with Crippen molar-refractivity contribution < 1.29 is 9.53 Å². The molecule has 0 saturated heterocycles. The molecule has 0 aliphatic rings. The Hall–Kier alpha value is -1.86. The molecule has 2 heterocycles. The van der Waals surface area contributed by atoms with Crippen molar-refractivity contribution in [2.45, 2.75) is 6.54 Å². The van der Waals surface area contributed by atoms with E-state index in [0.29, 0.717) is 30.2 Å². The van der Waals surface area contributed by atoms with Crippen LogP contribution in [-0.4, -0.2) is 39.1 Å². The van der Waals surface area contributed by atoms with E-state index < -0.39 is 0 Å². The molecule has 0 bridgehead atoms. The molecule has 0 fully saturated rings. The standard InChI is InChI=1S/C11H14ClN5O2/c1-16-11(13)7(5-14-16)10(18)9-8(12)6-15-17(9)3-4-19-2/h5-6H,3-4,13H2,1-2H3. The number of nitrogens with zero attached hydrogens (tertiary/aromatic N) is 4. The topological polar surface area (TPSA) is 88.0 Å². The Bertz CT molecular complexity index is 604. The van der Waals surface area contributed by atoms with Crippen molar-refractivity contribution in [2.24, 2.45) is 7.05 Å². The van der Waals surface area contributed by atoms with E-state index in [4.69, 9.17) is 22.1 Å². The van der Waals surface area contributed by atoms with Crippen LogP contribution in [0.25, 0.3) is 0 Å². The third kappa shape index (κ3) is 2.47. The van der Waals surface area contributed by atoms with Crippen LogP contribution in [0.3, 0.4) is 0 Å². The number of nitrogens with two attached hydrogens (primary N) is 1. The number of aromatic nitrogens is 4. The number of hydrogen-bond donors (Lipinski definition) is 1. The van der Waals surface area contributed by atoms with E-state index in [9.17, 15) is 4.79 Å². The van der Waals surface area contributed by atoms with Crippen LogP contribution in [-0.2, 0) is 18.3 Å². The van der Waals surface area contributed by atoms with E-state index in [2.05, 4.69) is 10.2 Å². The van der Waals surface area contributed by atoms with Gasteiger partial charge in [0.05, 0.1) is 36.1 Å². The molecule has 0 unspecified atom stereocenters. The van der Waals surface area contributed by atoms with Gasteiger partial charge in [-0.3, -0.25) is 14.2 Å². The predicted molar refractivity (Wildman–Crippen MR) is 70.2 cm³/mol. The zero-order chi connectivity index (χ0) is 14.0. The molecule has 19 heavy (non-hydrogen) atoms. The molecule has 102 valence electrons. The molecule has 2 rings (SSSR count). The van der Waals surface area contributed by atoms with Crippen molar-refractivity contribution >= 4 is 23.2 Å². The first-order valence-corrected chi connectivity index (χ1v) is 5.96. The quantitative estimate of drug-likeness (QED) is 0.817. The van der Waals surface area contributed by atoms with Gasteiger partial charge < -0.3 is 10.5 Å². The second kappa shape index (κ2) is 5.41. The second-order valence-electron chi connectivity index (χ2n) is 3.95. The Balaban J connectivity index is 2.38. The number of rotatable bonds is 5. The molecule has 0 radical (unpaired) electrons. The highest BCUT2D eigenvalue weighted by Crippen LogP contribution is 2.21. The number of carbonyl (C=O) groups is 1. The van der Waals surface area contributed by atoms with Gasteiger partial charge in [-0.05, 0) is 0 Å². The molecule has 0 aliphatic heterocycles. The Morgan fingerprint density at radius 2 is 2.21 bits per heavy atom. The highest BCUT2D eigenvalue weighted by Gasteiger charge is 2.22. The molecule has 0 aromatic carbocycles. The van der Waals surface area contributed by atoms with Gasteiger partial charge in [-0.25, -0.2) is 0 Å². The molecular weight excluding hydrogens is 270 g/mol. The van der Waals surface area contributed by atoms with Crippen molar-refractivity contribution in [1.29, 1.82) is 0 Å². The number of aryl methyl sites for hydroxylation is 1. The second-order valence-corrected chi connectivity index (χ2v) is 4.36. The van der Waals surface area contributed by atoms with Gasteiger partial charge in [-0.15, -0.1) is 0 Å². The third-order valence-corrected chi connectivity index (χ3v) is 3.02. The molecule has 8 heteroatoms. The number of hydrogen-bond acceptors (Lipinski definition) is 5. The number of nitrogen functional groups attached to an aromatic ring is 1. The maximum atomic E-state index is 12.4. The molecule has 0 saturated carbocycles. The summed E-state index contributed by atoms with van der Waals surface area (Å²) >= 11 is 6.01. The number of methoxy groups -OCH3 is 1. The molecular formula is C11H14ClN5O2. The number of carbonyl (C=O) groups excluding carboxylic acids is 1. The number of halogens is 1. The van der Waals surface area contributed by atoms with Crippen LogP contribution in [0.1, 0.15) is 16.1 Å². The van der Waals surface area contributed by atoms with Crippen LogP contribution in [0, 0.1) is 0 Å². The minimum absolute atomic E-state index is 0.282. The fraction of sp³-hybridized carbons (Fsp3) is 0.364. The summed E-state index contributed by atoms with van der Waals surface area (Å²) < 4.78 is 7.90. The summed E-state index contributed by atoms with van der Waals surface area (Å²) in [5.41, 5.74) is 6.39. The molecule has 0 aliphatic carbocycles. The van der Waals surface area contributed by atoms with Crippen molar-refractivity contribution in [1.82, 2.24) is 19.6 Å². The van der Waals surface area contributed by atoms with Crippen LogP contribution >= 0.6 is 11.6 Å². The van der Waals surface area contributed by atoms with Crippen LogP contribution in [0.5, 0.6) is 0 Å². The number of ether oxygens (including phenoxy) is 1. The maximum absolute atomic E-state index is 12.4. The van der Waals surface area contributed by atoms with E-state index in [1.165, 1.54) is 21.8 Å². The monoisotopic (exact) mass is 283 g/mol. The van der Waals surface area contributed by atoms with Crippen molar-refractivity contribution in [2.75, 3.05) is 19.5 Å². The van der Waals surface area contributed by atoms with Gasteiger partial charge in [-0.1, -0.05) is 11.6 Å². The SMILES string of the molecule is COCCn1ncc(Cl)c1C(=O)c1cnn(C)c1N. The molecule has 2 aromatic rings. The Morgan fingerprint density at radius 1 is 1.47 bits per heavy atom. The number of ketones is 1. The molecule has 0 atom stereocenters. The first-order valence-electron chi connectivity index (χ1n) is 5.58. The van der Waals surface area contributed by atoms with E-state index >= 15 is 0 Å². The van der Waals surface area contributed by atoms with E-state index in [1.54, 1.807) is 14.2 Å². The Morgan fingerprint density at radius 3 is 2.79 bits per heavy atom. The third-order valence-electron chi connectivity index (χ3n) is 2.75. The summed E-state index contributed by atoms with van der Waals surface area (Å²) in [6.45, 7) is 0.866. The number of anilines is 1. The summed E-state index contributed by atoms with van der Waals surface area (Å²) in [5, 5.41) is 8.28. The first-order chi connectivity index (χ1) is 9.06. The van der Waals surface area contributed by atoms with Crippen molar-refractivity contribution in [3.05, 3.63) is 28.7 Å². The van der Waals surface area contributed by atoms with Crippen molar-refractivity contribution in [3.8, 4) is 0 Å².